The number of hydrogen-bond donors (Lipinski definition) is 0. The van der Waals surface area contributed by atoms with Crippen LogP contribution >= 0.6 is 0 Å². The minimum Gasteiger partial charge on any atom is -0.497 e. The maximum atomic E-state index is 12.4. The molecule has 2 fully saturated rings. The molecule has 2 aromatic heterocycles. The first kappa shape index (κ1) is 29.4. The fourth-order valence-corrected chi connectivity index (χ4v) is 4.61. The fraction of sp³-hybridized carbons (Fsp3) is 0.467. The summed E-state index contributed by atoms with van der Waals surface area (Å²) in [5, 5.41) is 0. The second-order valence-corrected chi connectivity index (χ2v) is 10.3. The molecule has 2 heterocycles. The number of pyridine rings is 1. The highest BCUT2D eigenvalue weighted by molar-refractivity contribution is 5.71. The molecule has 0 aliphatic heterocycles. The highest BCUT2D eigenvalue weighted by atomic mass is 19.4. The van der Waals surface area contributed by atoms with Gasteiger partial charge in [0, 0.05) is 48.3 Å². The largest absolute Gasteiger partial charge is 0.497 e. The zero-order valence-electron chi connectivity index (χ0n) is 23.1. The molecule has 0 radical (unpaired) electrons. The summed E-state index contributed by atoms with van der Waals surface area (Å²) in [6, 6.07) is 8.71. The number of aryl methyl sites for hydroxylation is 1. The summed E-state index contributed by atoms with van der Waals surface area (Å²) in [7, 11) is 1.56. The second kappa shape index (κ2) is 13.3. The maximum Gasteiger partial charge on any atom is 0.422 e. The molecule has 0 saturated heterocycles. The number of methoxy groups -OCH3 is 1. The Morgan fingerprint density at radius 1 is 0.905 bits per heavy atom. The Morgan fingerprint density at radius 2 is 1.60 bits per heavy atom. The number of rotatable bonds is 12. The number of esters is 1. The minimum atomic E-state index is -4.48. The number of halogens is 3. The van der Waals surface area contributed by atoms with E-state index >= 15 is 0 Å². The Balaban J connectivity index is 1.15. The second-order valence-electron chi connectivity index (χ2n) is 10.3. The van der Waals surface area contributed by atoms with Crippen LogP contribution in [-0.4, -0.2) is 59.1 Å². The molecule has 2 aliphatic carbocycles. The number of ether oxygens (including phenoxy) is 5. The van der Waals surface area contributed by atoms with Crippen molar-refractivity contribution in [1.29, 1.82) is 0 Å². The molecule has 0 bridgehead atoms. The van der Waals surface area contributed by atoms with Crippen molar-refractivity contribution >= 4 is 5.97 Å². The predicted octanol–water partition coefficient (Wildman–Crippen LogP) is 5.90. The van der Waals surface area contributed by atoms with E-state index < -0.39 is 12.8 Å². The van der Waals surface area contributed by atoms with E-state index in [0.29, 0.717) is 41.3 Å². The van der Waals surface area contributed by atoms with E-state index in [-0.39, 0.29) is 30.3 Å². The van der Waals surface area contributed by atoms with Crippen LogP contribution in [-0.2, 0) is 16.0 Å². The third-order valence-electron chi connectivity index (χ3n) is 6.93. The number of carbonyl (C=O) groups is 1. The van der Waals surface area contributed by atoms with E-state index in [1.165, 1.54) is 12.4 Å². The average molecular weight is 588 g/mol. The molecule has 0 N–H and O–H groups in total. The first-order valence-electron chi connectivity index (χ1n) is 13.9. The first-order chi connectivity index (χ1) is 20.2. The number of benzene rings is 1. The third-order valence-corrected chi connectivity index (χ3v) is 6.93. The lowest BCUT2D eigenvalue weighted by atomic mass is 9.94. The van der Waals surface area contributed by atoms with E-state index in [4.69, 9.17) is 18.9 Å². The van der Waals surface area contributed by atoms with Crippen molar-refractivity contribution < 1.29 is 41.7 Å². The van der Waals surface area contributed by atoms with Gasteiger partial charge in [-0.3, -0.25) is 4.79 Å². The molecule has 5 rings (SSSR count). The summed E-state index contributed by atoms with van der Waals surface area (Å²) in [5.74, 6) is 1.52. The zero-order chi connectivity index (χ0) is 29.5. The topological polar surface area (TPSA) is 102 Å². The normalized spacial score (nSPS) is 18.7. The van der Waals surface area contributed by atoms with Gasteiger partial charge in [-0.1, -0.05) is 0 Å². The highest BCUT2D eigenvalue weighted by Crippen LogP contribution is 2.36. The summed E-state index contributed by atoms with van der Waals surface area (Å²) in [4.78, 5) is 24.1. The van der Waals surface area contributed by atoms with Crippen molar-refractivity contribution in [2.24, 2.45) is 0 Å². The van der Waals surface area contributed by atoms with Gasteiger partial charge in [-0.25, -0.2) is 15.0 Å². The van der Waals surface area contributed by atoms with Crippen LogP contribution in [0.1, 0.15) is 50.5 Å². The van der Waals surface area contributed by atoms with Crippen LogP contribution in [0.2, 0.25) is 0 Å². The van der Waals surface area contributed by atoms with Crippen molar-refractivity contribution in [2.75, 3.05) is 13.7 Å². The van der Waals surface area contributed by atoms with Crippen molar-refractivity contribution in [1.82, 2.24) is 15.0 Å². The monoisotopic (exact) mass is 587 g/mol. The Kier molecular flexibility index (Phi) is 9.28. The van der Waals surface area contributed by atoms with Crippen LogP contribution in [0.4, 0.5) is 13.2 Å². The fourth-order valence-electron chi connectivity index (χ4n) is 4.61. The molecule has 3 aromatic rings. The van der Waals surface area contributed by atoms with E-state index in [1.54, 1.807) is 31.5 Å². The van der Waals surface area contributed by atoms with Gasteiger partial charge in [-0.05, 0) is 68.7 Å². The molecule has 224 valence electrons. The molecular formula is C30H32F3N3O6. The van der Waals surface area contributed by atoms with E-state index in [9.17, 15) is 18.0 Å². The van der Waals surface area contributed by atoms with Gasteiger partial charge in [0.25, 0.3) is 0 Å². The highest BCUT2D eigenvalue weighted by Gasteiger charge is 2.29. The molecule has 0 spiro atoms. The van der Waals surface area contributed by atoms with E-state index in [1.807, 2.05) is 12.1 Å². The van der Waals surface area contributed by atoms with E-state index in [2.05, 4.69) is 19.7 Å². The maximum absolute atomic E-state index is 12.4. The summed E-state index contributed by atoms with van der Waals surface area (Å²) in [6.45, 7) is -1.46. The first-order valence-corrected chi connectivity index (χ1v) is 13.9. The molecule has 0 amide bonds. The lowest BCUT2D eigenvalue weighted by Gasteiger charge is -2.29. The van der Waals surface area contributed by atoms with Gasteiger partial charge in [0.05, 0.1) is 13.2 Å². The van der Waals surface area contributed by atoms with Crippen LogP contribution in [0, 0.1) is 0 Å². The molecule has 42 heavy (non-hydrogen) atoms. The van der Waals surface area contributed by atoms with Crippen molar-refractivity contribution in [3.8, 4) is 34.5 Å². The molecule has 0 atom stereocenters. The lowest BCUT2D eigenvalue weighted by molar-refractivity contribution is -0.154. The standard InChI is InChI=1S/C30H32F3N3O6/c1-38-24-9-10-25(20-16-35-29(36-17-20)39-18-30(31,32)33)26(15-24)40-21-3-5-22(6-4-21)41-27-14-19(12-13-34-27)2-11-28(37)42-23-7-8-23/h9-10,12-17,21-23H,2-8,11,18H2,1H3. The molecule has 12 heteroatoms. The number of aromatic nitrogens is 3. The van der Waals surface area contributed by atoms with Crippen molar-refractivity contribution in [2.45, 2.75) is 75.9 Å². The van der Waals surface area contributed by atoms with Gasteiger partial charge >= 0.3 is 18.2 Å². The van der Waals surface area contributed by atoms with Crippen LogP contribution in [0.5, 0.6) is 23.4 Å². The Hall–Kier alpha value is -4.09. The quantitative estimate of drug-likeness (QED) is 0.240. The number of alkyl halides is 3. The Morgan fingerprint density at radius 3 is 2.26 bits per heavy atom. The summed E-state index contributed by atoms with van der Waals surface area (Å²) in [6.07, 6.45) is 5.86. The van der Waals surface area contributed by atoms with Gasteiger partial charge in [-0.15, -0.1) is 0 Å². The van der Waals surface area contributed by atoms with Gasteiger partial charge < -0.3 is 23.7 Å². The smallest absolute Gasteiger partial charge is 0.422 e. The van der Waals surface area contributed by atoms with Gasteiger partial charge in [-0.2, -0.15) is 13.2 Å². The molecule has 2 saturated carbocycles. The average Bonchev–Trinajstić information content (AvgIpc) is 3.80. The third kappa shape index (κ3) is 8.70. The number of carbonyl (C=O) groups excluding carboxylic acids is 1. The Labute approximate surface area is 241 Å². The minimum absolute atomic E-state index is 0.0187. The Bertz CT molecular complexity index is 1340. The number of hydrogen-bond acceptors (Lipinski definition) is 9. The van der Waals surface area contributed by atoms with Crippen LogP contribution in [0.25, 0.3) is 11.1 Å². The van der Waals surface area contributed by atoms with Gasteiger partial charge in [0.1, 0.15) is 23.7 Å². The molecule has 1 aromatic carbocycles. The SMILES string of the molecule is COc1ccc(-c2cnc(OCC(F)(F)F)nc2)c(OC2CCC(Oc3cc(CCC(=O)OC4CC4)ccn3)CC2)c1. The summed E-state index contributed by atoms with van der Waals surface area (Å²) < 4.78 is 65.1. The van der Waals surface area contributed by atoms with E-state index in [0.717, 1.165) is 44.1 Å². The van der Waals surface area contributed by atoms with Crippen LogP contribution in [0.3, 0.4) is 0 Å². The summed E-state index contributed by atoms with van der Waals surface area (Å²) >= 11 is 0. The summed E-state index contributed by atoms with van der Waals surface area (Å²) in [5.41, 5.74) is 2.22. The predicted molar refractivity (Wildman–Crippen MR) is 145 cm³/mol. The molecule has 9 nitrogen and oxygen atoms in total. The lowest BCUT2D eigenvalue weighted by Crippen LogP contribution is -2.30. The molecular weight excluding hydrogens is 555 g/mol. The van der Waals surface area contributed by atoms with Crippen LogP contribution < -0.4 is 18.9 Å². The molecule has 2 aliphatic rings. The zero-order valence-corrected chi connectivity index (χ0v) is 23.1. The van der Waals surface area contributed by atoms with Gasteiger partial charge in [0.2, 0.25) is 5.88 Å². The molecule has 0 unspecified atom stereocenters. The van der Waals surface area contributed by atoms with Crippen molar-refractivity contribution in [3.05, 3.63) is 54.5 Å². The van der Waals surface area contributed by atoms with Gasteiger partial charge in [0.15, 0.2) is 6.61 Å². The van der Waals surface area contributed by atoms with Crippen molar-refractivity contribution in [3.63, 3.8) is 0 Å². The van der Waals surface area contributed by atoms with Crippen LogP contribution in [0.15, 0.2) is 48.9 Å². The number of nitrogens with zero attached hydrogens (tertiary/aromatic N) is 3.